The van der Waals surface area contributed by atoms with Crippen LogP contribution in [-0.2, 0) is 0 Å². The van der Waals surface area contributed by atoms with Crippen LogP contribution in [0.5, 0.6) is 11.5 Å². The fraction of sp³-hybridized carbons (Fsp3) is 0.105. The number of anilines is 3. The third-order valence-electron chi connectivity index (χ3n) is 3.73. The van der Waals surface area contributed by atoms with Gasteiger partial charge >= 0.3 is 0 Å². The van der Waals surface area contributed by atoms with E-state index in [9.17, 15) is 13.6 Å². The van der Waals surface area contributed by atoms with Crippen LogP contribution < -0.4 is 20.1 Å². The number of benzene rings is 2. The Hall–Kier alpha value is -3.75. The van der Waals surface area contributed by atoms with Crippen molar-refractivity contribution in [2.75, 3.05) is 24.9 Å². The Labute approximate surface area is 159 Å². The molecule has 1 aromatic heterocycles. The highest BCUT2D eigenvalue weighted by Gasteiger charge is 2.12. The summed E-state index contributed by atoms with van der Waals surface area (Å²) < 4.78 is 36.9. The largest absolute Gasteiger partial charge is 0.493 e. The number of hydrogen-bond acceptors (Lipinski definition) is 6. The molecule has 28 heavy (non-hydrogen) atoms. The molecule has 0 aliphatic heterocycles. The lowest BCUT2D eigenvalue weighted by molar-refractivity contribution is 0.102. The summed E-state index contributed by atoms with van der Waals surface area (Å²) in [6, 6.07) is 10.9. The van der Waals surface area contributed by atoms with Gasteiger partial charge in [-0.3, -0.25) is 4.79 Å². The number of nitrogens with one attached hydrogen (secondary N) is 2. The van der Waals surface area contributed by atoms with Crippen LogP contribution in [0.25, 0.3) is 0 Å². The normalized spacial score (nSPS) is 10.3. The first-order chi connectivity index (χ1) is 13.5. The zero-order valence-corrected chi connectivity index (χ0v) is 15.0. The van der Waals surface area contributed by atoms with Gasteiger partial charge < -0.3 is 20.1 Å². The Morgan fingerprint density at radius 2 is 1.71 bits per heavy atom. The highest BCUT2D eigenvalue weighted by Crippen LogP contribution is 2.29. The van der Waals surface area contributed by atoms with Crippen molar-refractivity contribution in [2.45, 2.75) is 0 Å². The molecule has 0 fully saturated rings. The molecule has 0 unspecified atom stereocenters. The van der Waals surface area contributed by atoms with Crippen LogP contribution in [0, 0.1) is 11.6 Å². The van der Waals surface area contributed by atoms with Crippen LogP contribution >= 0.6 is 0 Å². The number of carbonyl (C=O) groups excluding carboxylic acids is 1. The highest BCUT2D eigenvalue weighted by atomic mass is 19.1. The van der Waals surface area contributed by atoms with Crippen molar-refractivity contribution in [3.05, 3.63) is 65.9 Å². The molecule has 1 heterocycles. The smallest absolute Gasteiger partial charge is 0.276 e. The molecule has 3 aromatic rings. The molecule has 0 aliphatic rings. The number of amides is 1. The second-order valence-corrected chi connectivity index (χ2v) is 5.58. The maximum atomic E-state index is 13.7. The van der Waals surface area contributed by atoms with Gasteiger partial charge in [0, 0.05) is 17.8 Å². The summed E-state index contributed by atoms with van der Waals surface area (Å²) in [4.78, 5) is 12.3. The number of methoxy groups -OCH3 is 2. The summed E-state index contributed by atoms with van der Waals surface area (Å²) >= 11 is 0. The van der Waals surface area contributed by atoms with E-state index in [1.165, 1.54) is 32.4 Å². The zero-order valence-electron chi connectivity index (χ0n) is 15.0. The lowest BCUT2D eigenvalue weighted by Gasteiger charge is -2.10. The van der Waals surface area contributed by atoms with Gasteiger partial charge in [0.15, 0.2) is 23.0 Å². The lowest BCUT2D eigenvalue weighted by Crippen LogP contribution is -2.14. The van der Waals surface area contributed by atoms with Gasteiger partial charge in [-0.1, -0.05) is 0 Å². The summed E-state index contributed by atoms with van der Waals surface area (Å²) in [6.07, 6.45) is 0. The predicted molar refractivity (Wildman–Crippen MR) is 99.2 cm³/mol. The summed E-state index contributed by atoms with van der Waals surface area (Å²) in [5.74, 6) is -0.739. The Balaban J connectivity index is 1.70. The van der Waals surface area contributed by atoms with E-state index in [1.54, 1.807) is 18.2 Å². The molecule has 9 heteroatoms. The van der Waals surface area contributed by atoms with Crippen molar-refractivity contribution in [3.63, 3.8) is 0 Å². The van der Waals surface area contributed by atoms with Crippen LogP contribution in [0.3, 0.4) is 0 Å². The molecule has 7 nitrogen and oxygen atoms in total. The van der Waals surface area contributed by atoms with Crippen LogP contribution in [-0.4, -0.2) is 30.3 Å². The molecule has 0 saturated heterocycles. The minimum atomic E-state index is -0.767. The van der Waals surface area contributed by atoms with Crippen molar-refractivity contribution in [1.29, 1.82) is 0 Å². The van der Waals surface area contributed by atoms with E-state index in [-0.39, 0.29) is 17.2 Å². The molecule has 0 bridgehead atoms. The van der Waals surface area contributed by atoms with E-state index in [2.05, 4.69) is 20.8 Å². The molecule has 144 valence electrons. The molecule has 0 radical (unpaired) electrons. The number of ether oxygens (including phenoxy) is 2. The Kier molecular flexibility index (Phi) is 5.64. The summed E-state index contributed by atoms with van der Waals surface area (Å²) in [5.41, 5.74) is 0.582. The minimum absolute atomic E-state index is 0.0400. The first kappa shape index (κ1) is 19.0. The fourth-order valence-corrected chi connectivity index (χ4v) is 2.36. The van der Waals surface area contributed by atoms with Gasteiger partial charge in [0.05, 0.1) is 19.9 Å². The SMILES string of the molecule is COc1ccc(NC(=O)c2ccc(Nc3ccc(F)cc3F)nn2)cc1OC. The lowest BCUT2D eigenvalue weighted by atomic mass is 10.2. The molecule has 0 spiro atoms. The Morgan fingerprint density at radius 1 is 0.929 bits per heavy atom. The van der Waals surface area contributed by atoms with Gasteiger partial charge in [0.25, 0.3) is 5.91 Å². The molecule has 2 N–H and O–H groups in total. The second kappa shape index (κ2) is 8.30. The van der Waals surface area contributed by atoms with Crippen LogP contribution in [0.2, 0.25) is 0 Å². The quantitative estimate of drug-likeness (QED) is 0.671. The standard InChI is InChI=1S/C19H16F2N4O3/c1-27-16-7-4-12(10-17(16)28-2)22-19(26)15-6-8-18(25-24-15)23-14-5-3-11(20)9-13(14)21/h3-10H,1-2H3,(H,22,26)(H,23,25). The van der Waals surface area contributed by atoms with Crippen molar-refractivity contribution < 1.29 is 23.0 Å². The van der Waals surface area contributed by atoms with Crippen molar-refractivity contribution in [3.8, 4) is 11.5 Å². The van der Waals surface area contributed by atoms with Gasteiger partial charge in [0.1, 0.15) is 11.6 Å². The van der Waals surface area contributed by atoms with Gasteiger partial charge in [-0.25, -0.2) is 8.78 Å². The summed E-state index contributed by atoms with van der Waals surface area (Å²) in [6.45, 7) is 0. The Bertz CT molecular complexity index is 997. The first-order valence-corrected chi connectivity index (χ1v) is 8.09. The van der Waals surface area contributed by atoms with E-state index in [0.29, 0.717) is 17.2 Å². The number of carbonyl (C=O) groups is 1. The molecule has 0 atom stereocenters. The number of halogens is 2. The zero-order chi connectivity index (χ0) is 20.1. The van der Waals surface area contributed by atoms with Crippen molar-refractivity contribution >= 4 is 23.1 Å². The van der Waals surface area contributed by atoms with Crippen molar-refractivity contribution in [2.24, 2.45) is 0 Å². The van der Waals surface area contributed by atoms with E-state index in [1.807, 2.05) is 0 Å². The molecular weight excluding hydrogens is 370 g/mol. The minimum Gasteiger partial charge on any atom is -0.493 e. The first-order valence-electron chi connectivity index (χ1n) is 8.09. The van der Waals surface area contributed by atoms with E-state index >= 15 is 0 Å². The maximum absolute atomic E-state index is 13.7. The van der Waals surface area contributed by atoms with Crippen LogP contribution in [0.1, 0.15) is 10.5 Å². The average molecular weight is 386 g/mol. The monoisotopic (exact) mass is 386 g/mol. The van der Waals surface area contributed by atoms with Gasteiger partial charge in [-0.05, 0) is 36.4 Å². The van der Waals surface area contributed by atoms with Crippen LogP contribution in [0.4, 0.5) is 26.0 Å². The van der Waals surface area contributed by atoms with E-state index in [0.717, 1.165) is 12.1 Å². The number of rotatable bonds is 6. The topological polar surface area (TPSA) is 85.4 Å². The molecule has 1 amide bonds. The van der Waals surface area contributed by atoms with E-state index in [4.69, 9.17) is 9.47 Å². The van der Waals surface area contributed by atoms with Crippen molar-refractivity contribution in [1.82, 2.24) is 10.2 Å². The second-order valence-electron chi connectivity index (χ2n) is 5.58. The molecule has 3 rings (SSSR count). The summed E-state index contributed by atoms with van der Waals surface area (Å²) in [7, 11) is 3.00. The van der Waals surface area contributed by atoms with Crippen LogP contribution in [0.15, 0.2) is 48.5 Å². The molecular formula is C19H16F2N4O3. The number of aromatic nitrogens is 2. The molecule has 2 aromatic carbocycles. The molecule has 0 aliphatic carbocycles. The van der Waals surface area contributed by atoms with E-state index < -0.39 is 17.5 Å². The predicted octanol–water partition coefficient (Wildman–Crippen LogP) is 3.77. The maximum Gasteiger partial charge on any atom is 0.276 e. The molecule has 0 saturated carbocycles. The van der Waals surface area contributed by atoms with Gasteiger partial charge in [-0.15, -0.1) is 10.2 Å². The number of nitrogens with zero attached hydrogens (tertiary/aromatic N) is 2. The van der Waals surface area contributed by atoms with Gasteiger partial charge in [-0.2, -0.15) is 0 Å². The number of hydrogen-bond donors (Lipinski definition) is 2. The third-order valence-corrected chi connectivity index (χ3v) is 3.73. The van der Waals surface area contributed by atoms with Gasteiger partial charge in [0.2, 0.25) is 0 Å². The fourth-order valence-electron chi connectivity index (χ4n) is 2.36. The third kappa shape index (κ3) is 4.32. The average Bonchev–Trinajstić information content (AvgIpc) is 2.70. The Morgan fingerprint density at radius 3 is 2.36 bits per heavy atom. The highest BCUT2D eigenvalue weighted by molar-refractivity contribution is 6.03. The summed E-state index contributed by atoms with van der Waals surface area (Å²) in [5, 5.41) is 13.0.